The maximum Gasteiger partial charge on any atom is 0.164 e. The lowest BCUT2D eigenvalue weighted by atomic mass is 9.70. The van der Waals surface area contributed by atoms with Crippen molar-refractivity contribution in [3.8, 4) is 0 Å². The molecule has 5 atom stereocenters. The van der Waals surface area contributed by atoms with Crippen LogP contribution in [-0.4, -0.2) is 32.2 Å². The van der Waals surface area contributed by atoms with Gasteiger partial charge >= 0.3 is 0 Å². The average molecular weight is 184 g/mol. The molecule has 3 heteroatoms. The fourth-order valence-corrected chi connectivity index (χ4v) is 2.96. The van der Waals surface area contributed by atoms with Crippen molar-refractivity contribution in [2.45, 2.75) is 26.2 Å². The topological polar surface area (TPSA) is 27.7 Å². The summed E-state index contributed by atoms with van der Waals surface area (Å²) in [4.78, 5) is 0. The van der Waals surface area contributed by atoms with Gasteiger partial charge in [0.25, 0.3) is 0 Å². The number of rotatable bonds is 0. The van der Waals surface area contributed by atoms with E-state index in [0.29, 0.717) is 11.8 Å². The Balaban J connectivity index is 1.95. The van der Waals surface area contributed by atoms with Gasteiger partial charge in [-0.05, 0) is 5.92 Å². The molecule has 0 N–H and O–H groups in total. The lowest BCUT2D eigenvalue weighted by Crippen LogP contribution is -2.35. The van der Waals surface area contributed by atoms with Crippen LogP contribution < -0.4 is 0 Å². The molecule has 0 amide bonds. The maximum atomic E-state index is 5.84. The number of hydrogen-bond donors (Lipinski definition) is 0. The molecule has 3 saturated heterocycles. The molecule has 0 aromatic rings. The lowest BCUT2D eigenvalue weighted by Gasteiger charge is -2.30. The molecule has 0 radical (unpaired) electrons. The molecular formula is C10H16O3. The van der Waals surface area contributed by atoms with Gasteiger partial charge in [-0.25, -0.2) is 0 Å². The Morgan fingerprint density at radius 2 is 2.08 bits per heavy atom. The van der Waals surface area contributed by atoms with Gasteiger partial charge in [0.15, 0.2) is 6.29 Å². The summed E-state index contributed by atoms with van der Waals surface area (Å²) in [6, 6.07) is 0. The van der Waals surface area contributed by atoms with Crippen LogP contribution in [0, 0.1) is 17.3 Å². The van der Waals surface area contributed by atoms with Crippen LogP contribution in [0.4, 0.5) is 0 Å². The van der Waals surface area contributed by atoms with E-state index in [2.05, 4.69) is 13.8 Å². The minimum Gasteiger partial charge on any atom is -0.378 e. The van der Waals surface area contributed by atoms with Crippen LogP contribution in [0.1, 0.15) is 13.8 Å². The second kappa shape index (κ2) is 2.47. The van der Waals surface area contributed by atoms with E-state index in [-0.39, 0.29) is 17.8 Å². The molecule has 0 aromatic heterocycles. The zero-order chi connectivity index (χ0) is 9.05. The van der Waals surface area contributed by atoms with Crippen LogP contribution in [0.5, 0.6) is 0 Å². The van der Waals surface area contributed by atoms with E-state index in [4.69, 9.17) is 14.2 Å². The molecule has 3 aliphatic heterocycles. The van der Waals surface area contributed by atoms with E-state index in [1.807, 2.05) is 0 Å². The Morgan fingerprint density at radius 1 is 1.23 bits per heavy atom. The fourth-order valence-electron chi connectivity index (χ4n) is 2.96. The number of fused-ring (bicyclic) bond motifs is 3. The van der Waals surface area contributed by atoms with Crippen LogP contribution in [0.3, 0.4) is 0 Å². The van der Waals surface area contributed by atoms with Crippen molar-refractivity contribution in [1.82, 2.24) is 0 Å². The summed E-state index contributed by atoms with van der Waals surface area (Å²) < 4.78 is 16.9. The summed E-state index contributed by atoms with van der Waals surface area (Å²) in [5.74, 6) is 1.14. The molecule has 0 unspecified atom stereocenters. The summed E-state index contributed by atoms with van der Waals surface area (Å²) in [6.45, 7) is 6.99. The van der Waals surface area contributed by atoms with Gasteiger partial charge in [-0.1, -0.05) is 13.8 Å². The Labute approximate surface area is 78.3 Å². The first-order chi connectivity index (χ1) is 6.23. The highest BCUT2D eigenvalue weighted by Crippen LogP contribution is 2.54. The van der Waals surface area contributed by atoms with Crippen molar-refractivity contribution >= 4 is 0 Å². The molecule has 13 heavy (non-hydrogen) atoms. The first-order valence-electron chi connectivity index (χ1n) is 5.07. The molecule has 0 aliphatic carbocycles. The smallest absolute Gasteiger partial charge is 0.164 e. The van der Waals surface area contributed by atoms with E-state index < -0.39 is 0 Å². The Hall–Kier alpha value is -0.120. The first-order valence-corrected chi connectivity index (χ1v) is 5.07. The van der Waals surface area contributed by atoms with E-state index in [9.17, 15) is 0 Å². The monoisotopic (exact) mass is 184 g/mol. The molecule has 3 rings (SSSR count). The van der Waals surface area contributed by atoms with Crippen LogP contribution in [0.2, 0.25) is 0 Å². The van der Waals surface area contributed by atoms with Gasteiger partial charge in [0.05, 0.1) is 25.9 Å². The molecule has 74 valence electrons. The van der Waals surface area contributed by atoms with Gasteiger partial charge in [-0.2, -0.15) is 0 Å². The van der Waals surface area contributed by atoms with E-state index in [1.54, 1.807) is 0 Å². The number of hydrogen-bond acceptors (Lipinski definition) is 3. The normalized spacial score (nSPS) is 59.5. The summed E-state index contributed by atoms with van der Waals surface area (Å²) in [5, 5.41) is 0. The number of ether oxygens (including phenoxy) is 3. The third kappa shape index (κ3) is 0.853. The molecule has 3 fully saturated rings. The predicted molar refractivity (Wildman–Crippen MR) is 46.2 cm³/mol. The van der Waals surface area contributed by atoms with Crippen LogP contribution in [0.15, 0.2) is 0 Å². The minimum absolute atomic E-state index is 0.0291. The predicted octanol–water partition coefficient (Wildman–Crippen LogP) is 1.03. The fraction of sp³-hybridized carbons (Fsp3) is 1.00. The molecule has 0 spiro atoms. The summed E-state index contributed by atoms with van der Waals surface area (Å²) in [5.41, 5.74) is 0.196. The summed E-state index contributed by atoms with van der Waals surface area (Å²) in [7, 11) is 0. The van der Waals surface area contributed by atoms with E-state index in [0.717, 1.165) is 19.8 Å². The van der Waals surface area contributed by atoms with Gasteiger partial charge in [0.2, 0.25) is 0 Å². The third-order valence-electron chi connectivity index (χ3n) is 4.19. The van der Waals surface area contributed by atoms with Crippen molar-refractivity contribution in [3.63, 3.8) is 0 Å². The summed E-state index contributed by atoms with van der Waals surface area (Å²) >= 11 is 0. The SMILES string of the molecule is C[C@H]1CO[C@H]2O[C@@H]3COC[C@@H]3[C@]21C. The first kappa shape index (κ1) is 8.21. The largest absolute Gasteiger partial charge is 0.378 e. The summed E-state index contributed by atoms with van der Waals surface area (Å²) in [6.07, 6.45) is 0.319. The van der Waals surface area contributed by atoms with Gasteiger partial charge in [0, 0.05) is 11.3 Å². The molecule has 0 saturated carbocycles. The molecular weight excluding hydrogens is 168 g/mol. The zero-order valence-corrected chi connectivity index (χ0v) is 8.16. The maximum absolute atomic E-state index is 5.84. The average Bonchev–Trinajstić information content (AvgIpc) is 2.70. The van der Waals surface area contributed by atoms with Crippen molar-refractivity contribution in [2.24, 2.45) is 17.3 Å². The zero-order valence-electron chi connectivity index (χ0n) is 8.16. The minimum atomic E-state index is 0.0291. The molecule has 0 aromatic carbocycles. The van der Waals surface area contributed by atoms with Crippen LogP contribution in [0.25, 0.3) is 0 Å². The molecule has 3 heterocycles. The van der Waals surface area contributed by atoms with Crippen molar-refractivity contribution in [3.05, 3.63) is 0 Å². The highest BCUT2D eigenvalue weighted by Gasteiger charge is 2.61. The Bertz CT molecular complexity index is 230. The van der Waals surface area contributed by atoms with Crippen molar-refractivity contribution < 1.29 is 14.2 Å². The molecule has 3 nitrogen and oxygen atoms in total. The van der Waals surface area contributed by atoms with Crippen LogP contribution in [-0.2, 0) is 14.2 Å². The third-order valence-corrected chi connectivity index (χ3v) is 4.19. The van der Waals surface area contributed by atoms with Crippen molar-refractivity contribution in [1.29, 1.82) is 0 Å². The lowest BCUT2D eigenvalue weighted by molar-refractivity contribution is -0.138. The second-order valence-corrected chi connectivity index (χ2v) is 4.75. The molecule has 0 bridgehead atoms. The Kier molecular flexibility index (Phi) is 1.56. The van der Waals surface area contributed by atoms with Gasteiger partial charge < -0.3 is 14.2 Å². The standard InChI is InChI=1S/C10H16O3/c1-6-3-12-9-10(6,2)7-4-11-5-8(7)13-9/h6-9H,3-5H2,1-2H3/t6-,7-,8+,9-,10+/m0/s1. The highest BCUT2D eigenvalue weighted by atomic mass is 16.7. The van der Waals surface area contributed by atoms with Gasteiger partial charge in [-0.3, -0.25) is 0 Å². The van der Waals surface area contributed by atoms with Gasteiger partial charge in [0.1, 0.15) is 0 Å². The van der Waals surface area contributed by atoms with E-state index >= 15 is 0 Å². The highest BCUT2D eigenvalue weighted by molar-refractivity contribution is 5.03. The quantitative estimate of drug-likeness (QED) is 0.563. The molecule has 3 aliphatic rings. The van der Waals surface area contributed by atoms with E-state index in [1.165, 1.54) is 0 Å². The van der Waals surface area contributed by atoms with Crippen molar-refractivity contribution in [2.75, 3.05) is 19.8 Å². The Morgan fingerprint density at radius 3 is 2.92 bits per heavy atom. The van der Waals surface area contributed by atoms with Crippen LogP contribution >= 0.6 is 0 Å². The van der Waals surface area contributed by atoms with Gasteiger partial charge in [-0.15, -0.1) is 0 Å². The second-order valence-electron chi connectivity index (χ2n) is 4.75.